The van der Waals surface area contributed by atoms with Crippen LogP contribution in [0.1, 0.15) is 16.1 Å². The van der Waals surface area contributed by atoms with Crippen molar-refractivity contribution in [1.82, 2.24) is 4.98 Å². The molecule has 0 fully saturated rings. The summed E-state index contributed by atoms with van der Waals surface area (Å²) in [6.45, 7) is 0. The molecule has 0 aliphatic heterocycles. The number of hydrogen-bond donors (Lipinski definition) is 1. The molecule has 3 heteroatoms. The van der Waals surface area contributed by atoms with Crippen molar-refractivity contribution in [3.63, 3.8) is 0 Å². The lowest BCUT2D eigenvalue weighted by Gasteiger charge is -1.98. The van der Waals surface area contributed by atoms with Crippen molar-refractivity contribution in [3.05, 3.63) is 65.5 Å². The van der Waals surface area contributed by atoms with E-state index in [0.29, 0.717) is 5.56 Å². The molecule has 0 spiro atoms. The molecule has 2 rings (SSSR count). The van der Waals surface area contributed by atoms with Gasteiger partial charge in [-0.15, -0.1) is 0 Å². The highest BCUT2D eigenvalue weighted by atomic mass is 16.1. The highest BCUT2D eigenvalue weighted by molar-refractivity contribution is 6.13. The van der Waals surface area contributed by atoms with Crippen LogP contribution >= 0.6 is 0 Å². The van der Waals surface area contributed by atoms with Crippen LogP contribution in [0, 0.1) is 11.3 Å². The van der Waals surface area contributed by atoms with Crippen LogP contribution in [0.3, 0.4) is 0 Å². The van der Waals surface area contributed by atoms with E-state index in [2.05, 4.69) is 4.98 Å². The summed E-state index contributed by atoms with van der Waals surface area (Å²) >= 11 is 0. The number of nitrogens with one attached hydrogen (secondary N) is 1. The average molecular weight is 222 g/mol. The number of ketones is 1. The molecule has 0 amide bonds. The van der Waals surface area contributed by atoms with Gasteiger partial charge in [0.05, 0.1) is 0 Å². The van der Waals surface area contributed by atoms with E-state index in [0.717, 1.165) is 5.69 Å². The molecule has 1 heterocycles. The Labute approximate surface area is 99.0 Å². The number of rotatable bonds is 3. The Morgan fingerprint density at radius 3 is 2.53 bits per heavy atom. The van der Waals surface area contributed by atoms with Crippen molar-refractivity contribution < 1.29 is 4.79 Å². The Morgan fingerprint density at radius 1 is 1.18 bits per heavy atom. The van der Waals surface area contributed by atoms with Gasteiger partial charge >= 0.3 is 0 Å². The molecule has 0 aliphatic rings. The molecule has 17 heavy (non-hydrogen) atoms. The second-order valence-electron chi connectivity index (χ2n) is 3.49. The van der Waals surface area contributed by atoms with Crippen LogP contribution in [-0.2, 0) is 0 Å². The van der Waals surface area contributed by atoms with Crippen molar-refractivity contribution in [1.29, 1.82) is 5.26 Å². The summed E-state index contributed by atoms with van der Waals surface area (Å²) in [7, 11) is 0. The molecule has 1 N–H and O–H groups in total. The Morgan fingerprint density at radius 2 is 1.94 bits per heavy atom. The first-order valence-electron chi connectivity index (χ1n) is 5.16. The molecule has 0 unspecified atom stereocenters. The van der Waals surface area contributed by atoms with Crippen molar-refractivity contribution in [3.8, 4) is 6.07 Å². The minimum atomic E-state index is -0.261. The number of Topliss-reactive ketones (excluding diaryl/α,β-unsaturated/α-hetero) is 1. The normalized spacial score (nSPS) is 10.9. The Hall–Kier alpha value is -2.60. The molecular weight excluding hydrogens is 212 g/mol. The predicted octanol–water partition coefficient (Wildman–Crippen LogP) is 2.80. The number of nitrogens with zero attached hydrogens (tertiary/aromatic N) is 1. The van der Waals surface area contributed by atoms with E-state index in [9.17, 15) is 4.79 Å². The van der Waals surface area contributed by atoms with Gasteiger partial charge in [-0.25, -0.2) is 0 Å². The number of carbonyl (C=O) groups excluding carboxylic acids is 1. The number of aromatic nitrogens is 1. The minimum Gasteiger partial charge on any atom is -0.362 e. The largest absolute Gasteiger partial charge is 0.362 e. The zero-order valence-corrected chi connectivity index (χ0v) is 9.05. The quantitative estimate of drug-likeness (QED) is 0.493. The van der Waals surface area contributed by atoms with Gasteiger partial charge in [0.1, 0.15) is 11.6 Å². The third-order valence-electron chi connectivity index (χ3n) is 2.32. The summed E-state index contributed by atoms with van der Waals surface area (Å²) in [6, 6.07) is 14.3. The molecule has 1 aromatic carbocycles. The molecule has 0 saturated carbocycles. The van der Waals surface area contributed by atoms with Crippen molar-refractivity contribution >= 4 is 11.9 Å². The number of hydrogen-bond acceptors (Lipinski definition) is 2. The fraction of sp³-hybridized carbons (Fsp3) is 0. The van der Waals surface area contributed by atoms with E-state index in [1.54, 1.807) is 42.6 Å². The summed E-state index contributed by atoms with van der Waals surface area (Å²) in [5.74, 6) is -0.261. The van der Waals surface area contributed by atoms with Crippen LogP contribution in [0.15, 0.2) is 54.2 Å². The highest BCUT2D eigenvalue weighted by Crippen LogP contribution is 2.11. The first-order chi connectivity index (χ1) is 8.31. The molecule has 82 valence electrons. The molecule has 0 saturated heterocycles. The maximum absolute atomic E-state index is 12.0. The summed E-state index contributed by atoms with van der Waals surface area (Å²) in [5, 5.41) is 9.00. The van der Waals surface area contributed by atoms with Gasteiger partial charge < -0.3 is 4.98 Å². The molecular formula is C14H10N2O. The van der Waals surface area contributed by atoms with Crippen molar-refractivity contribution in [2.24, 2.45) is 0 Å². The Bertz CT molecular complexity index is 574. The third-order valence-corrected chi connectivity index (χ3v) is 2.32. The highest BCUT2D eigenvalue weighted by Gasteiger charge is 2.11. The summed E-state index contributed by atoms with van der Waals surface area (Å²) in [6.07, 6.45) is 3.29. The van der Waals surface area contributed by atoms with Crippen LogP contribution < -0.4 is 0 Å². The second kappa shape index (κ2) is 4.95. The lowest BCUT2D eigenvalue weighted by atomic mass is 10.0. The van der Waals surface area contributed by atoms with E-state index in [1.807, 2.05) is 18.2 Å². The molecule has 2 aromatic rings. The number of nitriles is 1. The van der Waals surface area contributed by atoms with Crippen LogP contribution in [-0.4, -0.2) is 10.8 Å². The SMILES string of the molecule is N#C/C(=C/c1ccc[nH]1)C(=O)c1ccccc1. The van der Waals surface area contributed by atoms with Crippen LogP contribution in [0.5, 0.6) is 0 Å². The molecule has 1 aromatic heterocycles. The maximum atomic E-state index is 12.0. The Balaban J connectivity index is 2.33. The minimum absolute atomic E-state index is 0.124. The first-order valence-corrected chi connectivity index (χ1v) is 5.16. The van der Waals surface area contributed by atoms with Gasteiger partial charge in [-0.3, -0.25) is 4.79 Å². The van der Waals surface area contributed by atoms with E-state index in [4.69, 9.17) is 5.26 Å². The lowest BCUT2D eigenvalue weighted by molar-refractivity contribution is 0.104. The van der Waals surface area contributed by atoms with Gasteiger partial charge in [-0.2, -0.15) is 5.26 Å². The van der Waals surface area contributed by atoms with Gasteiger partial charge in [-0.1, -0.05) is 30.3 Å². The average Bonchev–Trinajstić information content (AvgIpc) is 2.89. The molecule has 0 bridgehead atoms. The smallest absolute Gasteiger partial charge is 0.203 e. The summed E-state index contributed by atoms with van der Waals surface area (Å²) in [4.78, 5) is 14.9. The third kappa shape index (κ3) is 2.50. The summed E-state index contributed by atoms with van der Waals surface area (Å²) in [5.41, 5.74) is 1.39. The van der Waals surface area contributed by atoms with Gasteiger partial charge in [0, 0.05) is 17.5 Å². The zero-order chi connectivity index (χ0) is 12.1. The van der Waals surface area contributed by atoms with Gasteiger partial charge in [0.2, 0.25) is 5.78 Å². The number of aromatic amines is 1. The van der Waals surface area contributed by atoms with E-state index in [-0.39, 0.29) is 11.4 Å². The number of H-pyrrole nitrogens is 1. The number of allylic oxidation sites excluding steroid dienone is 1. The molecule has 3 nitrogen and oxygen atoms in total. The maximum Gasteiger partial charge on any atom is 0.203 e. The number of benzene rings is 1. The van der Waals surface area contributed by atoms with Crippen molar-refractivity contribution in [2.75, 3.05) is 0 Å². The number of carbonyl (C=O) groups is 1. The van der Waals surface area contributed by atoms with Crippen molar-refractivity contribution in [2.45, 2.75) is 0 Å². The van der Waals surface area contributed by atoms with Gasteiger partial charge in [-0.05, 0) is 18.2 Å². The molecule has 0 atom stereocenters. The lowest BCUT2D eigenvalue weighted by Crippen LogP contribution is -2.01. The topological polar surface area (TPSA) is 56.6 Å². The monoisotopic (exact) mass is 222 g/mol. The van der Waals surface area contributed by atoms with E-state index in [1.165, 1.54) is 0 Å². The van der Waals surface area contributed by atoms with E-state index < -0.39 is 0 Å². The fourth-order valence-corrected chi connectivity index (χ4v) is 1.48. The molecule has 0 radical (unpaired) electrons. The van der Waals surface area contributed by atoms with E-state index >= 15 is 0 Å². The first kappa shape index (κ1) is 10.9. The standard InChI is InChI=1S/C14H10N2O/c15-10-12(9-13-7-4-8-16-13)14(17)11-5-2-1-3-6-11/h1-9,16H/b12-9-. The predicted molar refractivity (Wildman–Crippen MR) is 65.2 cm³/mol. The van der Waals surface area contributed by atoms with Gasteiger partial charge in [0.25, 0.3) is 0 Å². The second-order valence-corrected chi connectivity index (χ2v) is 3.49. The summed E-state index contributed by atoms with van der Waals surface area (Å²) < 4.78 is 0. The Kier molecular flexibility index (Phi) is 3.18. The van der Waals surface area contributed by atoms with Crippen LogP contribution in [0.4, 0.5) is 0 Å². The van der Waals surface area contributed by atoms with Gasteiger partial charge in [0.15, 0.2) is 0 Å². The zero-order valence-electron chi connectivity index (χ0n) is 9.05. The fourth-order valence-electron chi connectivity index (χ4n) is 1.48. The van der Waals surface area contributed by atoms with Crippen LogP contribution in [0.2, 0.25) is 0 Å². The molecule has 0 aliphatic carbocycles. The van der Waals surface area contributed by atoms with Crippen LogP contribution in [0.25, 0.3) is 6.08 Å².